The van der Waals surface area contributed by atoms with E-state index in [1.165, 1.54) is 0 Å². The highest BCUT2D eigenvalue weighted by atomic mass is 16.5. The summed E-state index contributed by atoms with van der Waals surface area (Å²) in [5, 5.41) is 5.57. The second-order valence-corrected chi connectivity index (χ2v) is 3.38. The highest BCUT2D eigenvalue weighted by Crippen LogP contribution is 2.26. The molecule has 1 fully saturated rings. The zero-order valence-electron chi connectivity index (χ0n) is 8.62. The Kier molecular flexibility index (Phi) is 2.76. The van der Waals surface area contributed by atoms with Crippen molar-refractivity contribution in [3.05, 3.63) is 29.8 Å². The first-order valence-corrected chi connectivity index (χ1v) is 5.07. The predicted octanol–water partition coefficient (Wildman–Crippen LogP) is 1.44. The molecule has 2 N–H and O–H groups in total. The Morgan fingerprint density at radius 3 is 2.93 bits per heavy atom. The normalized spacial score (nSPS) is 19.5. The summed E-state index contributed by atoms with van der Waals surface area (Å²) in [6, 6.07) is 7.67. The molecule has 0 radical (unpaired) electrons. The van der Waals surface area contributed by atoms with Gasteiger partial charge in [0.05, 0.1) is 12.6 Å². The number of ether oxygens (including phenoxy) is 1. The summed E-state index contributed by atoms with van der Waals surface area (Å²) in [5.41, 5.74) is 1.03. The fourth-order valence-electron chi connectivity index (χ4n) is 1.70. The SMILES string of the molecule is CCOc1ccccc1[C@@H]1CNC(=O)N1. The maximum Gasteiger partial charge on any atom is 0.315 e. The van der Waals surface area contributed by atoms with Gasteiger partial charge in [-0.3, -0.25) is 0 Å². The second-order valence-electron chi connectivity index (χ2n) is 3.38. The number of carbonyl (C=O) groups is 1. The van der Waals surface area contributed by atoms with Crippen LogP contribution in [0.3, 0.4) is 0 Å². The molecule has 0 saturated carbocycles. The molecule has 0 aromatic heterocycles. The van der Waals surface area contributed by atoms with Crippen molar-refractivity contribution in [3.63, 3.8) is 0 Å². The molecule has 4 nitrogen and oxygen atoms in total. The van der Waals surface area contributed by atoms with Gasteiger partial charge in [-0.25, -0.2) is 4.79 Å². The fourth-order valence-corrected chi connectivity index (χ4v) is 1.70. The van der Waals surface area contributed by atoms with Gasteiger partial charge in [-0.2, -0.15) is 0 Å². The van der Waals surface area contributed by atoms with Gasteiger partial charge < -0.3 is 15.4 Å². The topological polar surface area (TPSA) is 50.4 Å². The molecule has 1 aliphatic heterocycles. The molecule has 15 heavy (non-hydrogen) atoms. The Bertz CT molecular complexity index is 365. The van der Waals surface area contributed by atoms with Crippen LogP contribution in [0.4, 0.5) is 4.79 Å². The highest BCUT2D eigenvalue weighted by Gasteiger charge is 2.23. The molecule has 2 rings (SSSR count). The Balaban J connectivity index is 2.22. The average Bonchev–Trinajstić information content (AvgIpc) is 2.66. The number of carbonyl (C=O) groups excluding carboxylic acids is 1. The van der Waals surface area contributed by atoms with Crippen molar-refractivity contribution >= 4 is 6.03 Å². The maximum atomic E-state index is 11.0. The number of benzene rings is 1. The third-order valence-corrected chi connectivity index (χ3v) is 2.37. The molecule has 0 spiro atoms. The summed E-state index contributed by atoms with van der Waals surface area (Å²) >= 11 is 0. The van der Waals surface area contributed by atoms with Crippen molar-refractivity contribution in [1.29, 1.82) is 0 Å². The molecule has 1 saturated heterocycles. The lowest BCUT2D eigenvalue weighted by Crippen LogP contribution is -2.22. The maximum absolute atomic E-state index is 11.0. The third-order valence-electron chi connectivity index (χ3n) is 2.37. The standard InChI is InChI=1S/C11H14N2O2/c1-2-15-10-6-4-3-5-8(10)9-7-12-11(14)13-9/h3-6,9H,2,7H2,1H3,(H2,12,13,14)/t9-/m0/s1. The van der Waals surface area contributed by atoms with Crippen molar-refractivity contribution in [2.24, 2.45) is 0 Å². The molecule has 4 heteroatoms. The lowest BCUT2D eigenvalue weighted by molar-refractivity contribution is 0.247. The van der Waals surface area contributed by atoms with E-state index < -0.39 is 0 Å². The smallest absolute Gasteiger partial charge is 0.315 e. The first kappa shape index (κ1) is 9.83. The Morgan fingerprint density at radius 1 is 1.47 bits per heavy atom. The van der Waals surface area contributed by atoms with Gasteiger partial charge in [0.1, 0.15) is 5.75 Å². The summed E-state index contributed by atoms with van der Waals surface area (Å²) in [5.74, 6) is 0.842. The molecule has 1 aromatic rings. The number of nitrogens with one attached hydrogen (secondary N) is 2. The van der Waals surface area contributed by atoms with Crippen LogP contribution in [0.15, 0.2) is 24.3 Å². The van der Waals surface area contributed by atoms with Crippen LogP contribution in [0.1, 0.15) is 18.5 Å². The number of para-hydroxylation sites is 1. The minimum absolute atomic E-state index is 0.0141. The molecular formula is C11H14N2O2. The van der Waals surface area contributed by atoms with Gasteiger partial charge in [-0.05, 0) is 13.0 Å². The molecule has 0 unspecified atom stereocenters. The van der Waals surface area contributed by atoms with E-state index >= 15 is 0 Å². The van der Waals surface area contributed by atoms with Gasteiger partial charge in [0.15, 0.2) is 0 Å². The van der Waals surface area contributed by atoms with Crippen LogP contribution in [0.2, 0.25) is 0 Å². The third kappa shape index (κ3) is 2.03. The van der Waals surface area contributed by atoms with Gasteiger partial charge in [0.25, 0.3) is 0 Å². The quantitative estimate of drug-likeness (QED) is 0.786. The van der Waals surface area contributed by atoms with Crippen molar-refractivity contribution in [1.82, 2.24) is 10.6 Å². The largest absolute Gasteiger partial charge is 0.494 e. The monoisotopic (exact) mass is 206 g/mol. The lowest BCUT2D eigenvalue weighted by Gasteiger charge is -2.14. The first-order chi connectivity index (χ1) is 7.31. The summed E-state index contributed by atoms with van der Waals surface area (Å²) < 4.78 is 5.51. The molecule has 2 amide bonds. The highest BCUT2D eigenvalue weighted by molar-refractivity contribution is 5.77. The lowest BCUT2D eigenvalue weighted by atomic mass is 10.1. The van der Waals surface area contributed by atoms with Crippen LogP contribution >= 0.6 is 0 Å². The van der Waals surface area contributed by atoms with Crippen LogP contribution in [-0.2, 0) is 0 Å². The molecule has 1 atom stereocenters. The molecule has 1 aliphatic rings. The number of hydrogen-bond donors (Lipinski definition) is 2. The Morgan fingerprint density at radius 2 is 2.27 bits per heavy atom. The summed E-state index contributed by atoms with van der Waals surface area (Å²) in [7, 11) is 0. The van der Waals surface area contributed by atoms with Crippen LogP contribution in [0.5, 0.6) is 5.75 Å². The van der Waals surface area contributed by atoms with Crippen molar-refractivity contribution < 1.29 is 9.53 Å². The summed E-state index contributed by atoms with van der Waals surface area (Å²) in [6.45, 7) is 3.19. The minimum atomic E-state index is -0.119. The van der Waals surface area contributed by atoms with E-state index in [4.69, 9.17) is 4.74 Å². The molecular weight excluding hydrogens is 192 g/mol. The van der Waals surface area contributed by atoms with Crippen LogP contribution in [-0.4, -0.2) is 19.2 Å². The molecule has 0 bridgehead atoms. The van der Waals surface area contributed by atoms with Crippen molar-refractivity contribution in [2.45, 2.75) is 13.0 Å². The van der Waals surface area contributed by atoms with E-state index in [0.717, 1.165) is 11.3 Å². The fraction of sp³-hybridized carbons (Fsp3) is 0.364. The van der Waals surface area contributed by atoms with Gasteiger partial charge in [0.2, 0.25) is 0 Å². The summed E-state index contributed by atoms with van der Waals surface area (Å²) in [4.78, 5) is 11.0. The van der Waals surface area contributed by atoms with Gasteiger partial charge in [-0.15, -0.1) is 0 Å². The Labute approximate surface area is 88.6 Å². The van der Waals surface area contributed by atoms with Gasteiger partial charge in [0, 0.05) is 12.1 Å². The van der Waals surface area contributed by atoms with Crippen molar-refractivity contribution in [3.8, 4) is 5.75 Å². The summed E-state index contributed by atoms with van der Waals surface area (Å²) in [6.07, 6.45) is 0. The molecule has 1 heterocycles. The van der Waals surface area contributed by atoms with E-state index in [1.807, 2.05) is 31.2 Å². The molecule has 0 aliphatic carbocycles. The van der Waals surface area contributed by atoms with Crippen LogP contribution in [0, 0.1) is 0 Å². The second kappa shape index (κ2) is 4.21. The van der Waals surface area contributed by atoms with Crippen molar-refractivity contribution in [2.75, 3.05) is 13.2 Å². The van der Waals surface area contributed by atoms with E-state index in [1.54, 1.807) is 0 Å². The van der Waals surface area contributed by atoms with E-state index in [-0.39, 0.29) is 12.1 Å². The van der Waals surface area contributed by atoms with Crippen LogP contribution in [0.25, 0.3) is 0 Å². The molecule has 80 valence electrons. The minimum Gasteiger partial charge on any atom is -0.494 e. The van der Waals surface area contributed by atoms with E-state index in [2.05, 4.69) is 10.6 Å². The molecule has 1 aromatic carbocycles. The van der Waals surface area contributed by atoms with E-state index in [0.29, 0.717) is 13.2 Å². The number of urea groups is 1. The van der Waals surface area contributed by atoms with E-state index in [9.17, 15) is 4.79 Å². The zero-order chi connectivity index (χ0) is 10.7. The number of rotatable bonds is 3. The average molecular weight is 206 g/mol. The van der Waals surface area contributed by atoms with Gasteiger partial charge >= 0.3 is 6.03 Å². The number of amides is 2. The van der Waals surface area contributed by atoms with Gasteiger partial charge in [-0.1, -0.05) is 18.2 Å². The predicted molar refractivity (Wildman–Crippen MR) is 56.9 cm³/mol. The number of hydrogen-bond acceptors (Lipinski definition) is 2. The zero-order valence-corrected chi connectivity index (χ0v) is 8.62. The first-order valence-electron chi connectivity index (χ1n) is 5.07. The Hall–Kier alpha value is -1.71. The van der Waals surface area contributed by atoms with Crippen LogP contribution < -0.4 is 15.4 Å².